The van der Waals surface area contributed by atoms with Gasteiger partial charge in [0, 0.05) is 38.1 Å². The van der Waals surface area contributed by atoms with Crippen molar-refractivity contribution in [2.75, 3.05) is 26.2 Å². The molecule has 1 heterocycles. The van der Waals surface area contributed by atoms with Crippen molar-refractivity contribution in [3.63, 3.8) is 0 Å². The van der Waals surface area contributed by atoms with E-state index < -0.39 is 0 Å². The Morgan fingerprint density at radius 3 is 2.31 bits per heavy atom. The molecule has 2 aliphatic rings. The first kappa shape index (κ1) is 22.8. The minimum absolute atomic E-state index is 0.113. The third-order valence-electron chi connectivity index (χ3n) is 7.04. The van der Waals surface area contributed by atoms with Gasteiger partial charge in [-0.2, -0.15) is 0 Å². The highest BCUT2D eigenvalue weighted by molar-refractivity contribution is 5.79. The normalized spacial score (nSPS) is 19.4. The molecular weight excluding hydrogens is 396 g/mol. The summed E-state index contributed by atoms with van der Waals surface area (Å²) in [5, 5.41) is 16.7. The van der Waals surface area contributed by atoms with Crippen LogP contribution in [-0.2, 0) is 18.5 Å². The molecule has 2 aromatic rings. The fraction of sp³-hybridized carbons (Fsp3) is 0.519. The molecule has 0 atom stereocenters. The van der Waals surface area contributed by atoms with Crippen molar-refractivity contribution in [1.82, 2.24) is 15.5 Å². The molecule has 5 heteroatoms. The van der Waals surface area contributed by atoms with Crippen molar-refractivity contribution in [3.05, 3.63) is 71.3 Å². The Bertz CT molecular complexity index is 853. The maximum absolute atomic E-state index is 9.68. The molecule has 0 bridgehead atoms. The van der Waals surface area contributed by atoms with E-state index in [0.29, 0.717) is 6.54 Å². The number of rotatable bonds is 8. The summed E-state index contributed by atoms with van der Waals surface area (Å²) in [5.74, 6) is 0.894. The molecule has 5 nitrogen and oxygen atoms in total. The van der Waals surface area contributed by atoms with Crippen LogP contribution in [0.5, 0.6) is 0 Å². The molecule has 0 amide bonds. The maximum atomic E-state index is 9.68. The van der Waals surface area contributed by atoms with Crippen LogP contribution in [0.3, 0.4) is 0 Å². The fourth-order valence-electron chi connectivity index (χ4n) is 4.81. The van der Waals surface area contributed by atoms with Gasteiger partial charge in [-0.15, -0.1) is 0 Å². The van der Waals surface area contributed by atoms with Gasteiger partial charge in [0.15, 0.2) is 5.96 Å². The summed E-state index contributed by atoms with van der Waals surface area (Å²) in [6, 6.07) is 19.7. The second-order valence-electron chi connectivity index (χ2n) is 9.37. The summed E-state index contributed by atoms with van der Waals surface area (Å²) < 4.78 is 0. The van der Waals surface area contributed by atoms with Crippen LogP contribution in [-0.4, -0.2) is 48.2 Å². The van der Waals surface area contributed by atoms with E-state index in [1.807, 2.05) is 0 Å². The molecule has 32 heavy (non-hydrogen) atoms. The highest BCUT2D eigenvalue weighted by atomic mass is 16.3. The van der Waals surface area contributed by atoms with Gasteiger partial charge in [0.2, 0.25) is 0 Å². The van der Waals surface area contributed by atoms with Crippen molar-refractivity contribution < 1.29 is 5.11 Å². The number of aliphatic hydroxyl groups is 1. The van der Waals surface area contributed by atoms with Gasteiger partial charge in [0.25, 0.3) is 0 Å². The van der Waals surface area contributed by atoms with Gasteiger partial charge in [0.05, 0.1) is 12.6 Å². The van der Waals surface area contributed by atoms with Gasteiger partial charge in [-0.25, -0.2) is 4.99 Å². The summed E-state index contributed by atoms with van der Waals surface area (Å²) in [6.07, 6.45) is 5.44. The van der Waals surface area contributed by atoms with Gasteiger partial charge in [0.1, 0.15) is 0 Å². The third kappa shape index (κ3) is 5.90. The summed E-state index contributed by atoms with van der Waals surface area (Å²) in [4.78, 5) is 7.28. The number of nitrogens with one attached hydrogen (secondary N) is 2. The highest BCUT2D eigenvalue weighted by Crippen LogP contribution is 2.43. The SMILES string of the molecule is CCNC(=NCc1ccc(CN2CCC(O)CC2)cc1)NCC1(c2ccccc2)CCC1. The van der Waals surface area contributed by atoms with E-state index in [4.69, 9.17) is 4.99 Å². The second kappa shape index (κ2) is 11.0. The van der Waals surface area contributed by atoms with E-state index in [9.17, 15) is 5.11 Å². The smallest absolute Gasteiger partial charge is 0.191 e. The summed E-state index contributed by atoms with van der Waals surface area (Å²) in [6.45, 7) is 7.48. The zero-order chi connectivity index (χ0) is 22.2. The molecule has 3 N–H and O–H groups in total. The van der Waals surface area contributed by atoms with E-state index in [0.717, 1.165) is 51.5 Å². The Morgan fingerprint density at radius 1 is 1.00 bits per heavy atom. The third-order valence-corrected chi connectivity index (χ3v) is 7.04. The van der Waals surface area contributed by atoms with Crippen molar-refractivity contribution >= 4 is 5.96 Å². The quantitative estimate of drug-likeness (QED) is 0.437. The number of likely N-dealkylation sites (tertiary alicyclic amines) is 1. The molecule has 0 radical (unpaired) electrons. The predicted octanol–water partition coefficient (Wildman–Crippen LogP) is 3.82. The van der Waals surface area contributed by atoms with E-state index in [-0.39, 0.29) is 11.5 Å². The number of benzene rings is 2. The summed E-state index contributed by atoms with van der Waals surface area (Å²) in [5.41, 5.74) is 4.23. The largest absolute Gasteiger partial charge is 0.393 e. The topological polar surface area (TPSA) is 59.9 Å². The van der Waals surface area contributed by atoms with E-state index in [1.165, 1.54) is 36.0 Å². The molecule has 0 unspecified atom stereocenters. The Morgan fingerprint density at radius 2 is 1.69 bits per heavy atom. The zero-order valence-corrected chi connectivity index (χ0v) is 19.4. The first-order chi connectivity index (χ1) is 15.7. The molecule has 0 spiro atoms. The monoisotopic (exact) mass is 434 g/mol. The molecule has 1 aliphatic heterocycles. The first-order valence-corrected chi connectivity index (χ1v) is 12.2. The Hall–Kier alpha value is -2.37. The average Bonchev–Trinajstić information content (AvgIpc) is 2.80. The molecule has 2 fully saturated rings. The van der Waals surface area contributed by atoms with E-state index >= 15 is 0 Å². The lowest BCUT2D eigenvalue weighted by atomic mass is 9.64. The molecule has 172 valence electrons. The Balaban J connectivity index is 1.32. The van der Waals surface area contributed by atoms with Crippen molar-refractivity contribution in [3.8, 4) is 0 Å². The van der Waals surface area contributed by atoms with Crippen molar-refractivity contribution in [2.24, 2.45) is 4.99 Å². The van der Waals surface area contributed by atoms with E-state index in [1.54, 1.807) is 0 Å². The van der Waals surface area contributed by atoms with Crippen LogP contribution in [0.25, 0.3) is 0 Å². The minimum Gasteiger partial charge on any atom is -0.393 e. The fourth-order valence-corrected chi connectivity index (χ4v) is 4.81. The van der Waals surface area contributed by atoms with Crippen LogP contribution in [0.4, 0.5) is 0 Å². The van der Waals surface area contributed by atoms with Gasteiger partial charge >= 0.3 is 0 Å². The molecule has 1 saturated heterocycles. The average molecular weight is 435 g/mol. The number of aliphatic hydroxyl groups excluding tert-OH is 1. The number of hydrogen-bond acceptors (Lipinski definition) is 3. The lowest BCUT2D eigenvalue weighted by molar-refractivity contribution is 0.0792. The molecule has 0 aromatic heterocycles. The second-order valence-corrected chi connectivity index (χ2v) is 9.37. The van der Waals surface area contributed by atoms with Crippen LogP contribution in [0.15, 0.2) is 59.6 Å². The van der Waals surface area contributed by atoms with Crippen LogP contribution < -0.4 is 10.6 Å². The number of hydrogen-bond donors (Lipinski definition) is 3. The van der Waals surface area contributed by atoms with Gasteiger partial charge in [-0.3, -0.25) is 4.90 Å². The van der Waals surface area contributed by atoms with Crippen LogP contribution in [0.2, 0.25) is 0 Å². The lowest BCUT2D eigenvalue weighted by Gasteiger charge is -2.43. The number of aliphatic imine (C=N–C) groups is 1. The lowest BCUT2D eigenvalue weighted by Crippen LogP contribution is -2.48. The van der Waals surface area contributed by atoms with Crippen LogP contribution in [0.1, 0.15) is 55.7 Å². The van der Waals surface area contributed by atoms with Crippen LogP contribution in [0, 0.1) is 0 Å². The van der Waals surface area contributed by atoms with Gasteiger partial charge < -0.3 is 15.7 Å². The maximum Gasteiger partial charge on any atom is 0.191 e. The Kier molecular flexibility index (Phi) is 7.82. The molecular formula is C27H38N4O. The first-order valence-electron chi connectivity index (χ1n) is 12.2. The number of guanidine groups is 1. The number of nitrogens with zero attached hydrogens (tertiary/aromatic N) is 2. The standard InChI is InChI=1S/C27H38N4O/c1-2-28-26(30-21-27(15-6-16-27)24-7-4-3-5-8-24)29-19-22-9-11-23(12-10-22)20-31-17-13-25(32)14-18-31/h3-5,7-12,25,32H,2,6,13-21H2,1H3,(H2,28,29,30). The predicted molar refractivity (Wildman–Crippen MR) is 132 cm³/mol. The molecule has 1 saturated carbocycles. The minimum atomic E-state index is -0.113. The molecule has 4 rings (SSSR count). The molecule has 1 aliphatic carbocycles. The number of piperidine rings is 1. The van der Waals surface area contributed by atoms with E-state index in [2.05, 4.69) is 77.1 Å². The van der Waals surface area contributed by atoms with Crippen LogP contribution >= 0.6 is 0 Å². The van der Waals surface area contributed by atoms with Gasteiger partial charge in [-0.05, 0) is 49.3 Å². The van der Waals surface area contributed by atoms with Crippen molar-refractivity contribution in [2.45, 2.75) is 63.6 Å². The summed E-state index contributed by atoms with van der Waals surface area (Å²) >= 11 is 0. The van der Waals surface area contributed by atoms with Crippen molar-refractivity contribution in [1.29, 1.82) is 0 Å². The molecule has 2 aromatic carbocycles. The van der Waals surface area contributed by atoms with Gasteiger partial charge in [-0.1, -0.05) is 61.0 Å². The zero-order valence-electron chi connectivity index (χ0n) is 19.4. The summed E-state index contributed by atoms with van der Waals surface area (Å²) in [7, 11) is 0. The highest BCUT2D eigenvalue weighted by Gasteiger charge is 2.38. The Labute approximate surface area is 193 Å².